The van der Waals surface area contributed by atoms with E-state index in [0.717, 1.165) is 17.8 Å². The van der Waals surface area contributed by atoms with Crippen LogP contribution in [0.5, 0.6) is 0 Å². The van der Waals surface area contributed by atoms with E-state index in [0.29, 0.717) is 0 Å². The standard InChI is InChI=1S/C10H17BrClN/c11-9-10-3-1-6-13(8-4-10)7-2-5-12/h2,5,10H,1,3-4,6-9H2/b5-2+. The summed E-state index contributed by atoms with van der Waals surface area (Å²) in [6.45, 7) is 3.46. The Hall–Kier alpha value is 0.470. The first-order valence-electron chi connectivity index (χ1n) is 4.90. The summed E-state index contributed by atoms with van der Waals surface area (Å²) in [4.78, 5) is 2.47. The molecule has 0 bridgehead atoms. The molecule has 1 saturated heterocycles. The molecular formula is C10H17BrClN. The molecule has 0 N–H and O–H groups in total. The Bertz CT molecular complexity index is 161. The van der Waals surface area contributed by atoms with Gasteiger partial charge in [0, 0.05) is 17.4 Å². The molecule has 3 heteroatoms. The van der Waals surface area contributed by atoms with Gasteiger partial charge in [0.25, 0.3) is 0 Å². The fourth-order valence-corrected chi connectivity index (χ4v) is 2.48. The molecule has 0 aliphatic carbocycles. The first-order chi connectivity index (χ1) is 6.36. The zero-order valence-electron chi connectivity index (χ0n) is 7.88. The van der Waals surface area contributed by atoms with Crippen molar-refractivity contribution in [2.24, 2.45) is 5.92 Å². The Labute approximate surface area is 94.3 Å². The number of likely N-dealkylation sites (tertiary alicyclic amines) is 1. The van der Waals surface area contributed by atoms with Crippen LogP contribution in [0.1, 0.15) is 19.3 Å². The van der Waals surface area contributed by atoms with E-state index < -0.39 is 0 Å². The summed E-state index contributed by atoms with van der Waals surface area (Å²) in [5.41, 5.74) is 1.62. The zero-order chi connectivity index (χ0) is 9.52. The van der Waals surface area contributed by atoms with Crippen LogP contribution in [0.4, 0.5) is 0 Å². The lowest BCUT2D eigenvalue weighted by Gasteiger charge is -2.17. The minimum atomic E-state index is 0.880. The minimum Gasteiger partial charge on any atom is -0.300 e. The van der Waals surface area contributed by atoms with Gasteiger partial charge in [0.1, 0.15) is 0 Å². The Kier molecular flexibility index (Phi) is 6.09. The van der Waals surface area contributed by atoms with Gasteiger partial charge in [0.15, 0.2) is 0 Å². The smallest absolute Gasteiger partial charge is 0.0174 e. The Balaban J connectivity index is 2.27. The third kappa shape index (κ3) is 4.48. The summed E-state index contributed by atoms with van der Waals surface area (Å²) >= 11 is 9.07. The number of halogens is 2. The van der Waals surface area contributed by atoms with E-state index in [4.69, 9.17) is 11.6 Å². The lowest BCUT2D eigenvalue weighted by molar-refractivity contribution is 0.312. The van der Waals surface area contributed by atoms with Crippen molar-refractivity contribution in [2.45, 2.75) is 19.3 Å². The van der Waals surface area contributed by atoms with Crippen LogP contribution in [0.25, 0.3) is 0 Å². The summed E-state index contributed by atoms with van der Waals surface area (Å²) < 4.78 is 0. The lowest BCUT2D eigenvalue weighted by Crippen LogP contribution is -2.24. The van der Waals surface area contributed by atoms with Crippen LogP contribution >= 0.6 is 27.5 Å². The number of hydrogen-bond donors (Lipinski definition) is 0. The van der Waals surface area contributed by atoms with Gasteiger partial charge in [-0.15, -0.1) is 0 Å². The van der Waals surface area contributed by atoms with Crippen molar-refractivity contribution < 1.29 is 0 Å². The number of nitrogens with zero attached hydrogens (tertiary/aromatic N) is 1. The second kappa shape index (κ2) is 6.86. The molecule has 0 spiro atoms. The van der Waals surface area contributed by atoms with Crippen molar-refractivity contribution in [1.82, 2.24) is 4.90 Å². The Morgan fingerprint density at radius 1 is 1.38 bits per heavy atom. The third-order valence-electron chi connectivity index (χ3n) is 2.61. The van der Waals surface area contributed by atoms with E-state index in [1.165, 1.54) is 32.4 Å². The van der Waals surface area contributed by atoms with Crippen molar-refractivity contribution in [2.75, 3.05) is 25.0 Å². The Morgan fingerprint density at radius 3 is 2.92 bits per heavy atom. The molecule has 1 aliphatic rings. The Morgan fingerprint density at radius 2 is 2.23 bits per heavy atom. The van der Waals surface area contributed by atoms with Gasteiger partial charge in [-0.1, -0.05) is 33.6 Å². The fourth-order valence-electron chi connectivity index (χ4n) is 1.75. The highest BCUT2D eigenvalue weighted by atomic mass is 79.9. The minimum absolute atomic E-state index is 0.880. The number of alkyl halides is 1. The van der Waals surface area contributed by atoms with Gasteiger partial charge in [0.05, 0.1) is 0 Å². The predicted molar refractivity (Wildman–Crippen MR) is 62.6 cm³/mol. The van der Waals surface area contributed by atoms with Crippen LogP contribution in [0.3, 0.4) is 0 Å². The van der Waals surface area contributed by atoms with Gasteiger partial charge >= 0.3 is 0 Å². The second-order valence-electron chi connectivity index (χ2n) is 3.61. The molecule has 0 radical (unpaired) electrons. The van der Waals surface area contributed by atoms with Crippen LogP contribution in [0.2, 0.25) is 0 Å². The zero-order valence-corrected chi connectivity index (χ0v) is 10.2. The highest BCUT2D eigenvalue weighted by molar-refractivity contribution is 9.09. The molecule has 1 nitrogen and oxygen atoms in total. The third-order valence-corrected chi connectivity index (χ3v) is 3.71. The van der Waals surface area contributed by atoms with E-state index in [-0.39, 0.29) is 0 Å². The summed E-state index contributed by atoms with van der Waals surface area (Å²) in [5.74, 6) is 0.880. The maximum Gasteiger partial charge on any atom is 0.0174 e. The molecule has 0 saturated carbocycles. The topological polar surface area (TPSA) is 3.24 Å². The molecule has 1 fully saturated rings. The van der Waals surface area contributed by atoms with E-state index in [9.17, 15) is 0 Å². The van der Waals surface area contributed by atoms with Gasteiger partial charge in [-0.2, -0.15) is 0 Å². The highest BCUT2D eigenvalue weighted by Gasteiger charge is 2.14. The van der Waals surface area contributed by atoms with Gasteiger partial charge in [-0.25, -0.2) is 0 Å². The van der Waals surface area contributed by atoms with E-state index in [1.54, 1.807) is 5.54 Å². The molecule has 0 amide bonds. The summed E-state index contributed by atoms with van der Waals surface area (Å²) in [6, 6.07) is 0. The van der Waals surface area contributed by atoms with Gasteiger partial charge < -0.3 is 0 Å². The first-order valence-corrected chi connectivity index (χ1v) is 6.46. The molecule has 76 valence electrons. The molecule has 1 aliphatic heterocycles. The predicted octanol–water partition coefficient (Wildman–Crippen LogP) is 3.24. The van der Waals surface area contributed by atoms with E-state index in [2.05, 4.69) is 20.8 Å². The summed E-state index contributed by atoms with van der Waals surface area (Å²) in [6.07, 6.45) is 6.04. The molecular weight excluding hydrogens is 249 g/mol. The van der Waals surface area contributed by atoms with Gasteiger partial charge in [-0.3, -0.25) is 4.90 Å². The van der Waals surface area contributed by atoms with E-state index in [1.807, 2.05) is 6.08 Å². The second-order valence-corrected chi connectivity index (χ2v) is 4.51. The maximum absolute atomic E-state index is 5.50. The molecule has 0 aromatic heterocycles. The van der Waals surface area contributed by atoms with Gasteiger partial charge in [-0.05, 0) is 38.3 Å². The SMILES string of the molecule is Cl/C=C/CN1CCCC(CBr)CC1. The maximum atomic E-state index is 5.50. The first kappa shape index (κ1) is 11.5. The monoisotopic (exact) mass is 265 g/mol. The lowest BCUT2D eigenvalue weighted by atomic mass is 10.0. The van der Waals surface area contributed by atoms with Crippen LogP contribution in [-0.4, -0.2) is 29.9 Å². The van der Waals surface area contributed by atoms with Crippen LogP contribution in [0.15, 0.2) is 11.6 Å². The molecule has 0 aromatic rings. The van der Waals surface area contributed by atoms with Crippen molar-refractivity contribution in [3.05, 3.63) is 11.6 Å². The number of rotatable bonds is 3. The summed E-state index contributed by atoms with van der Waals surface area (Å²) in [7, 11) is 0. The molecule has 0 aromatic carbocycles. The van der Waals surface area contributed by atoms with Crippen molar-refractivity contribution in [1.29, 1.82) is 0 Å². The van der Waals surface area contributed by atoms with Gasteiger partial charge in [0.2, 0.25) is 0 Å². The quantitative estimate of drug-likeness (QED) is 0.709. The fraction of sp³-hybridized carbons (Fsp3) is 0.800. The molecule has 13 heavy (non-hydrogen) atoms. The highest BCUT2D eigenvalue weighted by Crippen LogP contribution is 2.19. The van der Waals surface area contributed by atoms with Crippen molar-refractivity contribution >= 4 is 27.5 Å². The molecule has 1 heterocycles. The number of hydrogen-bond acceptors (Lipinski definition) is 1. The van der Waals surface area contributed by atoms with Crippen molar-refractivity contribution in [3.8, 4) is 0 Å². The average Bonchev–Trinajstić information content (AvgIpc) is 2.39. The van der Waals surface area contributed by atoms with E-state index >= 15 is 0 Å². The van der Waals surface area contributed by atoms with Crippen LogP contribution in [-0.2, 0) is 0 Å². The van der Waals surface area contributed by atoms with Crippen molar-refractivity contribution in [3.63, 3.8) is 0 Å². The van der Waals surface area contributed by atoms with Crippen LogP contribution < -0.4 is 0 Å². The average molecular weight is 267 g/mol. The normalized spacial score (nSPS) is 26.5. The van der Waals surface area contributed by atoms with Crippen LogP contribution in [0, 0.1) is 5.92 Å². The molecule has 1 atom stereocenters. The molecule has 1 unspecified atom stereocenters. The molecule has 1 rings (SSSR count). The summed E-state index contributed by atoms with van der Waals surface area (Å²) in [5, 5.41) is 1.16. The largest absolute Gasteiger partial charge is 0.300 e.